The van der Waals surface area contributed by atoms with Crippen molar-refractivity contribution in [1.29, 1.82) is 0 Å². The summed E-state index contributed by atoms with van der Waals surface area (Å²) in [6, 6.07) is 0.862. The van der Waals surface area contributed by atoms with Crippen molar-refractivity contribution in [3.63, 3.8) is 0 Å². The van der Waals surface area contributed by atoms with Crippen molar-refractivity contribution >= 4 is 11.9 Å². The van der Waals surface area contributed by atoms with E-state index in [2.05, 4.69) is 0 Å². The molecule has 0 N–H and O–H groups in total. The van der Waals surface area contributed by atoms with Crippen LogP contribution in [0.15, 0.2) is 10.9 Å². The number of aryl methyl sites for hydroxylation is 1. The number of carbonyl (C=O) groups is 2. The largest absolute Gasteiger partial charge is 0.462 e. The molecule has 0 aliphatic carbocycles. The number of pyridine rings is 1. The molecule has 2 heterocycles. The van der Waals surface area contributed by atoms with Gasteiger partial charge in [-0.05, 0) is 32.8 Å². The van der Waals surface area contributed by atoms with Gasteiger partial charge in [0.2, 0.25) is 5.91 Å². The molecule has 1 amide bonds. The van der Waals surface area contributed by atoms with Gasteiger partial charge in [-0.15, -0.1) is 0 Å². The Morgan fingerprint density at radius 3 is 2.57 bits per heavy atom. The monoisotopic (exact) mass is 292 g/mol. The van der Waals surface area contributed by atoms with E-state index in [4.69, 9.17) is 4.74 Å². The van der Waals surface area contributed by atoms with Crippen LogP contribution < -0.4 is 5.56 Å². The Morgan fingerprint density at radius 2 is 2.05 bits per heavy atom. The Labute approximate surface area is 123 Å². The summed E-state index contributed by atoms with van der Waals surface area (Å²) < 4.78 is 6.47. The highest BCUT2D eigenvalue weighted by atomic mass is 16.5. The van der Waals surface area contributed by atoms with Crippen LogP contribution in [0.3, 0.4) is 0 Å². The van der Waals surface area contributed by atoms with Crippen molar-refractivity contribution in [3.05, 3.63) is 33.2 Å². The lowest BCUT2D eigenvalue weighted by atomic mass is 10.1. The normalized spacial score (nSPS) is 18.2. The highest BCUT2D eigenvalue weighted by molar-refractivity contribution is 5.92. The Bertz CT molecular complexity index is 648. The minimum atomic E-state index is -0.531. The molecule has 0 spiro atoms. The van der Waals surface area contributed by atoms with Gasteiger partial charge in [0.1, 0.15) is 6.04 Å². The smallest absolute Gasteiger partial charge is 0.340 e. The number of esters is 1. The predicted molar refractivity (Wildman–Crippen MR) is 77.4 cm³/mol. The van der Waals surface area contributed by atoms with Crippen molar-refractivity contribution in [3.8, 4) is 0 Å². The number of hydrogen-bond acceptors (Lipinski definition) is 4. The van der Waals surface area contributed by atoms with Crippen LogP contribution in [0, 0.1) is 13.8 Å². The van der Waals surface area contributed by atoms with Crippen molar-refractivity contribution in [2.24, 2.45) is 0 Å². The first-order valence-electron chi connectivity index (χ1n) is 7.03. The first kappa shape index (κ1) is 15.3. The van der Waals surface area contributed by atoms with Crippen LogP contribution in [0.5, 0.6) is 0 Å². The molecule has 1 aliphatic heterocycles. The third-order valence-electron chi connectivity index (χ3n) is 3.89. The van der Waals surface area contributed by atoms with E-state index in [0.717, 1.165) is 0 Å². The van der Waals surface area contributed by atoms with E-state index in [0.29, 0.717) is 29.8 Å². The Morgan fingerprint density at radius 1 is 1.38 bits per heavy atom. The molecular weight excluding hydrogens is 272 g/mol. The topological polar surface area (TPSA) is 68.6 Å². The molecule has 1 saturated heterocycles. The zero-order chi connectivity index (χ0) is 15.7. The molecule has 1 aromatic heterocycles. The van der Waals surface area contributed by atoms with Crippen LogP contribution in [0.25, 0.3) is 0 Å². The van der Waals surface area contributed by atoms with Gasteiger partial charge in [0.15, 0.2) is 0 Å². The fourth-order valence-electron chi connectivity index (χ4n) is 2.84. The number of aromatic nitrogens is 1. The highest BCUT2D eigenvalue weighted by Gasteiger charge is 2.33. The molecule has 0 saturated carbocycles. The second kappa shape index (κ2) is 5.71. The van der Waals surface area contributed by atoms with Crippen molar-refractivity contribution < 1.29 is 14.3 Å². The SMILES string of the molecule is CCOC(=O)c1c(C)cc(=O)n(C2CCN(C)C2=O)c1C. The van der Waals surface area contributed by atoms with Crippen LogP contribution in [0.4, 0.5) is 0 Å². The second-order valence-electron chi connectivity index (χ2n) is 5.28. The number of rotatable bonds is 3. The van der Waals surface area contributed by atoms with Gasteiger partial charge in [-0.1, -0.05) is 0 Å². The molecule has 0 radical (unpaired) electrons. The van der Waals surface area contributed by atoms with Crippen molar-refractivity contribution in [1.82, 2.24) is 9.47 Å². The molecule has 0 bridgehead atoms. The van der Waals surface area contributed by atoms with E-state index in [1.54, 1.807) is 32.7 Å². The first-order valence-corrected chi connectivity index (χ1v) is 7.03. The molecule has 2 rings (SSSR count). The molecule has 21 heavy (non-hydrogen) atoms. The summed E-state index contributed by atoms with van der Waals surface area (Å²) in [7, 11) is 1.71. The highest BCUT2D eigenvalue weighted by Crippen LogP contribution is 2.24. The zero-order valence-corrected chi connectivity index (χ0v) is 12.8. The van der Waals surface area contributed by atoms with Crippen LogP contribution in [-0.2, 0) is 9.53 Å². The maximum Gasteiger partial charge on any atom is 0.340 e. The van der Waals surface area contributed by atoms with Gasteiger partial charge in [-0.25, -0.2) is 4.79 Å². The summed E-state index contributed by atoms with van der Waals surface area (Å²) in [6.45, 7) is 5.99. The van der Waals surface area contributed by atoms with Gasteiger partial charge in [-0.3, -0.25) is 14.2 Å². The van der Waals surface area contributed by atoms with Gasteiger partial charge in [0, 0.05) is 25.4 Å². The molecule has 1 aromatic rings. The zero-order valence-electron chi connectivity index (χ0n) is 12.8. The number of likely N-dealkylation sites (N-methyl/N-ethyl adjacent to an activating group) is 1. The lowest BCUT2D eigenvalue weighted by Crippen LogP contribution is -2.34. The third kappa shape index (κ3) is 2.57. The van der Waals surface area contributed by atoms with Crippen molar-refractivity contribution in [2.75, 3.05) is 20.2 Å². The van der Waals surface area contributed by atoms with Crippen LogP contribution >= 0.6 is 0 Å². The van der Waals surface area contributed by atoms with E-state index >= 15 is 0 Å². The number of carbonyl (C=O) groups excluding carboxylic acids is 2. The Balaban J connectivity index is 2.57. The minimum Gasteiger partial charge on any atom is -0.462 e. The van der Waals surface area contributed by atoms with Crippen LogP contribution in [0.2, 0.25) is 0 Å². The van der Waals surface area contributed by atoms with E-state index in [9.17, 15) is 14.4 Å². The standard InChI is InChI=1S/C15H20N2O4/c1-5-21-15(20)13-9(2)8-12(18)17(10(13)3)11-6-7-16(4)14(11)19/h8,11H,5-7H2,1-4H3. The number of likely N-dealkylation sites (tertiary alicyclic amines) is 1. The lowest BCUT2D eigenvalue weighted by Gasteiger charge is -2.19. The molecule has 6 heteroatoms. The average molecular weight is 292 g/mol. The van der Waals surface area contributed by atoms with Crippen LogP contribution in [-0.4, -0.2) is 41.5 Å². The average Bonchev–Trinajstić information content (AvgIpc) is 2.71. The molecule has 1 atom stereocenters. The van der Waals surface area contributed by atoms with Gasteiger partial charge in [0.25, 0.3) is 5.56 Å². The Hall–Kier alpha value is -2.11. The lowest BCUT2D eigenvalue weighted by molar-refractivity contribution is -0.129. The molecule has 1 fully saturated rings. The summed E-state index contributed by atoms with van der Waals surface area (Å²) in [5.41, 5.74) is 1.18. The van der Waals surface area contributed by atoms with E-state index < -0.39 is 12.0 Å². The summed E-state index contributed by atoms with van der Waals surface area (Å²) in [5, 5.41) is 0. The maximum absolute atomic E-state index is 12.3. The number of ether oxygens (including phenoxy) is 1. The summed E-state index contributed by atoms with van der Waals surface area (Å²) >= 11 is 0. The van der Waals surface area contributed by atoms with Crippen LogP contribution in [0.1, 0.15) is 41.0 Å². The van der Waals surface area contributed by atoms with E-state index in [1.807, 2.05) is 0 Å². The van der Waals surface area contributed by atoms with Crippen molar-refractivity contribution in [2.45, 2.75) is 33.2 Å². The molecule has 0 aromatic carbocycles. The first-order chi connectivity index (χ1) is 9.88. The molecular formula is C15H20N2O4. The van der Waals surface area contributed by atoms with E-state index in [-0.39, 0.29) is 18.1 Å². The number of amides is 1. The third-order valence-corrected chi connectivity index (χ3v) is 3.89. The molecule has 6 nitrogen and oxygen atoms in total. The quantitative estimate of drug-likeness (QED) is 0.781. The molecule has 114 valence electrons. The van der Waals surface area contributed by atoms with Gasteiger partial charge in [-0.2, -0.15) is 0 Å². The minimum absolute atomic E-state index is 0.0983. The fourth-order valence-corrected chi connectivity index (χ4v) is 2.84. The summed E-state index contributed by atoms with van der Waals surface area (Å²) in [4.78, 5) is 38.1. The Kier molecular flexibility index (Phi) is 4.16. The maximum atomic E-state index is 12.3. The molecule has 1 aliphatic rings. The fraction of sp³-hybridized carbons (Fsp3) is 0.533. The predicted octanol–water partition coefficient (Wildman–Crippen LogP) is 1.05. The van der Waals surface area contributed by atoms with Gasteiger partial charge < -0.3 is 9.64 Å². The summed E-state index contributed by atoms with van der Waals surface area (Å²) in [6.07, 6.45) is 0.571. The molecule has 1 unspecified atom stereocenters. The van der Waals surface area contributed by atoms with E-state index in [1.165, 1.54) is 10.6 Å². The van der Waals surface area contributed by atoms with Gasteiger partial charge >= 0.3 is 5.97 Å². The number of nitrogens with zero attached hydrogens (tertiary/aromatic N) is 2. The summed E-state index contributed by atoms with van der Waals surface area (Å²) in [5.74, 6) is -0.557. The second-order valence-corrected chi connectivity index (χ2v) is 5.28. The van der Waals surface area contributed by atoms with Gasteiger partial charge in [0.05, 0.1) is 12.2 Å². The number of hydrogen-bond donors (Lipinski definition) is 0.